The summed E-state index contributed by atoms with van der Waals surface area (Å²) in [5.41, 5.74) is 2.77. The number of anilines is 1. The zero-order chi connectivity index (χ0) is 23.8. The van der Waals surface area contributed by atoms with Gasteiger partial charge in [-0.3, -0.25) is 14.5 Å². The molecule has 1 aliphatic rings. The molecule has 0 saturated heterocycles. The van der Waals surface area contributed by atoms with E-state index in [1.807, 2.05) is 32.0 Å². The van der Waals surface area contributed by atoms with Crippen molar-refractivity contribution in [2.45, 2.75) is 26.6 Å². The normalized spacial score (nSPS) is 14.3. The van der Waals surface area contributed by atoms with Crippen LogP contribution in [0.1, 0.15) is 27.8 Å². The van der Waals surface area contributed by atoms with Crippen molar-refractivity contribution in [1.29, 1.82) is 0 Å². The van der Waals surface area contributed by atoms with E-state index in [2.05, 4.69) is 5.32 Å². The van der Waals surface area contributed by atoms with Gasteiger partial charge < -0.3 is 5.32 Å². The number of imide groups is 1. The second-order valence-electron chi connectivity index (χ2n) is 7.95. The molecule has 0 aromatic heterocycles. The first kappa shape index (κ1) is 22.3. The number of hydrogen-bond donors (Lipinski definition) is 1. The molecule has 0 unspecified atom stereocenters. The fourth-order valence-corrected chi connectivity index (χ4v) is 3.74. The molecule has 0 radical (unpaired) electrons. The van der Waals surface area contributed by atoms with Gasteiger partial charge in [0.15, 0.2) is 0 Å². The summed E-state index contributed by atoms with van der Waals surface area (Å²) in [6.45, 7) is 3.53. The summed E-state index contributed by atoms with van der Waals surface area (Å²) in [5.74, 6) is -1.14. The number of rotatable bonds is 5. The van der Waals surface area contributed by atoms with Gasteiger partial charge in [-0.15, -0.1) is 0 Å². The lowest BCUT2D eigenvalue weighted by atomic mass is 10.0. The molecular formula is C26H21F3N2O2. The van der Waals surface area contributed by atoms with Crippen LogP contribution < -0.4 is 5.32 Å². The highest BCUT2D eigenvalue weighted by Crippen LogP contribution is 2.34. The van der Waals surface area contributed by atoms with E-state index in [0.717, 1.165) is 28.2 Å². The summed E-state index contributed by atoms with van der Waals surface area (Å²) in [6.07, 6.45) is -4.52. The Bertz CT molecular complexity index is 1260. The molecule has 4 rings (SSSR count). The van der Waals surface area contributed by atoms with Crippen molar-refractivity contribution >= 4 is 23.1 Å². The van der Waals surface area contributed by atoms with Gasteiger partial charge in [-0.25, -0.2) is 0 Å². The number of carbonyl (C=O) groups excluding carboxylic acids is 2. The van der Waals surface area contributed by atoms with Gasteiger partial charge >= 0.3 is 6.18 Å². The Morgan fingerprint density at radius 3 is 2.27 bits per heavy atom. The van der Waals surface area contributed by atoms with E-state index in [9.17, 15) is 22.8 Å². The molecular weight excluding hydrogens is 429 g/mol. The summed E-state index contributed by atoms with van der Waals surface area (Å²) >= 11 is 0. The van der Waals surface area contributed by atoms with Gasteiger partial charge in [-0.1, -0.05) is 54.6 Å². The molecule has 1 aliphatic heterocycles. The maximum atomic E-state index is 13.3. The first-order valence-corrected chi connectivity index (χ1v) is 10.3. The van der Waals surface area contributed by atoms with Crippen LogP contribution in [-0.2, 0) is 22.3 Å². The second-order valence-corrected chi connectivity index (χ2v) is 7.95. The number of carbonyl (C=O) groups is 2. The van der Waals surface area contributed by atoms with Crippen LogP contribution >= 0.6 is 0 Å². The van der Waals surface area contributed by atoms with E-state index >= 15 is 0 Å². The molecule has 0 aliphatic carbocycles. The number of benzene rings is 3. The molecule has 4 nitrogen and oxygen atoms in total. The minimum absolute atomic E-state index is 0.104. The van der Waals surface area contributed by atoms with E-state index < -0.39 is 23.6 Å². The SMILES string of the molecule is Cc1ccc(C)c(NC2=C(c3ccccc3)C(=O)N(Cc3cccc(C(F)(F)F)c3)C2=O)c1. The second kappa shape index (κ2) is 8.58. The third-order valence-corrected chi connectivity index (χ3v) is 5.48. The first-order chi connectivity index (χ1) is 15.6. The van der Waals surface area contributed by atoms with E-state index in [4.69, 9.17) is 0 Å². The fourth-order valence-electron chi connectivity index (χ4n) is 3.74. The topological polar surface area (TPSA) is 49.4 Å². The third kappa shape index (κ3) is 4.53. The number of nitrogens with zero attached hydrogens (tertiary/aromatic N) is 1. The summed E-state index contributed by atoms with van der Waals surface area (Å²) in [7, 11) is 0. The molecule has 2 amide bonds. The largest absolute Gasteiger partial charge is 0.416 e. The van der Waals surface area contributed by atoms with Crippen LogP contribution in [0.25, 0.3) is 5.57 Å². The number of amides is 2. The van der Waals surface area contributed by atoms with Gasteiger partial charge in [0.2, 0.25) is 0 Å². The van der Waals surface area contributed by atoms with E-state index in [1.54, 1.807) is 30.3 Å². The number of alkyl halides is 3. The highest BCUT2D eigenvalue weighted by Gasteiger charge is 2.39. The monoisotopic (exact) mass is 450 g/mol. The van der Waals surface area contributed by atoms with Crippen LogP contribution in [0.3, 0.4) is 0 Å². The highest BCUT2D eigenvalue weighted by molar-refractivity contribution is 6.36. The average Bonchev–Trinajstić information content (AvgIpc) is 3.01. The van der Waals surface area contributed by atoms with E-state index in [1.165, 1.54) is 12.1 Å². The molecule has 0 bridgehead atoms. The number of nitrogens with one attached hydrogen (secondary N) is 1. The van der Waals surface area contributed by atoms with Crippen LogP contribution in [0.2, 0.25) is 0 Å². The number of halogens is 3. The van der Waals surface area contributed by atoms with Crippen molar-refractivity contribution in [3.63, 3.8) is 0 Å². The molecule has 0 atom stereocenters. The van der Waals surface area contributed by atoms with Crippen LogP contribution in [-0.4, -0.2) is 16.7 Å². The van der Waals surface area contributed by atoms with Gasteiger partial charge in [0.1, 0.15) is 5.70 Å². The average molecular weight is 450 g/mol. The summed E-state index contributed by atoms with van der Waals surface area (Å²) in [5, 5.41) is 3.12. The lowest BCUT2D eigenvalue weighted by Crippen LogP contribution is -2.32. The Kier molecular flexibility index (Phi) is 5.80. The van der Waals surface area contributed by atoms with Gasteiger partial charge in [0.25, 0.3) is 11.8 Å². The van der Waals surface area contributed by atoms with Crippen molar-refractivity contribution in [1.82, 2.24) is 4.90 Å². The summed E-state index contributed by atoms with van der Waals surface area (Å²) < 4.78 is 39.4. The minimum Gasteiger partial charge on any atom is -0.350 e. The minimum atomic E-state index is -4.52. The van der Waals surface area contributed by atoms with Gasteiger partial charge in [-0.2, -0.15) is 13.2 Å². The summed E-state index contributed by atoms with van der Waals surface area (Å²) in [4.78, 5) is 27.7. The molecule has 0 saturated carbocycles. The third-order valence-electron chi connectivity index (χ3n) is 5.48. The standard InChI is InChI=1S/C26H21F3N2O2/c1-16-11-12-17(2)21(13-16)30-23-22(19-8-4-3-5-9-19)24(32)31(25(23)33)15-18-7-6-10-20(14-18)26(27,28)29/h3-14,30H,15H2,1-2H3. The Labute approximate surface area is 189 Å². The van der Waals surface area contributed by atoms with Crippen LogP contribution in [0.15, 0.2) is 78.5 Å². The Hall–Kier alpha value is -3.87. The van der Waals surface area contributed by atoms with Crippen molar-refractivity contribution in [3.05, 3.63) is 106 Å². The maximum absolute atomic E-state index is 13.3. The van der Waals surface area contributed by atoms with Crippen molar-refractivity contribution < 1.29 is 22.8 Å². The van der Waals surface area contributed by atoms with Crippen molar-refractivity contribution in [2.24, 2.45) is 0 Å². The lowest BCUT2D eigenvalue weighted by Gasteiger charge is -2.17. The van der Waals surface area contributed by atoms with Crippen molar-refractivity contribution in [2.75, 3.05) is 5.32 Å². The first-order valence-electron chi connectivity index (χ1n) is 10.3. The predicted molar refractivity (Wildman–Crippen MR) is 120 cm³/mol. The lowest BCUT2D eigenvalue weighted by molar-refractivity contribution is -0.137. The molecule has 0 fully saturated rings. The highest BCUT2D eigenvalue weighted by atomic mass is 19.4. The molecule has 33 heavy (non-hydrogen) atoms. The maximum Gasteiger partial charge on any atom is 0.416 e. The van der Waals surface area contributed by atoms with E-state index in [-0.39, 0.29) is 23.4 Å². The molecule has 1 N–H and O–H groups in total. The van der Waals surface area contributed by atoms with Crippen LogP contribution in [0.5, 0.6) is 0 Å². The quantitative estimate of drug-likeness (QED) is 0.506. The smallest absolute Gasteiger partial charge is 0.350 e. The molecule has 3 aromatic rings. The zero-order valence-corrected chi connectivity index (χ0v) is 18.0. The molecule has 0 spiro atoms. The van der Waals surface area contributed by atoms with Crippen LogP contribution in [0, 0.1) is 13.8 Å². The van der Waals surface area contributed by atoms with E-state index in [0.29, 0.717) is 11.3 Å². The van der Waals surface area contributed by atoms with Crippen molar-refractivity contribution in [3.8, 4) is 0 Å². The molecule has 7 heteroatoms. The molecule has 3 aromatic carbocycles. The molecule has 168 valence electrons. The molecule has 1 heterocycles. The predicted octanol–water partition coefficient (Wildman–Crippen LogP) is 5.71. The Balaban J connectivity index is 1.73. The summed E-state index contributed by atoms with van der Waals surface area (Å²) in [6, 6.07) is 19.1. The zero-order valence-electron chi connectivity index (χ0n) is 18.0. The van der Waals surface area contributed by atoms with Gasteiger partial charge in [0, 0.05) is 5.69 Å². The fraction of sp³-hybridized carbons (Fsp3) is 0.154. The Morgan fingerprint density at radius 2 is 1.58 bits per heavy atom. The van der Waals surface area contributed by atoms with Gasteiger partial charge in [-0.05, 0) is 54.3 Å². The van der Waals surface area contributed by atoms with Crippen LogP contribution in [0.4, 0.5) is 18.9 Å². The van der Waals surface area contributed by atoms with Gasteiger partial charge in [0.05, 0.1) is 17.7 Å². The number of hydrogen-bond acceptors (Lipinski definition) is 3. The number of aryl methyl sites for hydroxylation is 2. The Morgan fingerprint density at radius 1 is 0.848 bits per heavy atom.